The first-order chi connectivity index (χ1) is 13.7. The molecule has 1 saturated heterocycles. The van der Waals surface area contributed by atoms with Gasteiger partial charge in [-0.1, -0.05) is 30.3 Å². The first-order valence-corrected chi connectivity index (χ1v) is 10.0. The van der Waals surface area contributed by atoms with Crippen LogP contribution < -0.4 is 5.32 Å². The number of rotatable bonds is 6. The smallest absolute Gasteiger partial charge is 0.180 e. The number of anilines is 1. The Morgan fingerprint density at radius 1 is 0.929 bits per heavy atom. The van der Waals surface area contributed by atoms with Crippen molar-refractivity contribution >= 4 is 5.82 Å². The number of aryl methyl sites for hydroxylation is 1. The third kappa shape index (κ3) is 4.20. The number of hydrogen-bond donors (Lipinski definition) is 1. The van der Waals surface area contributed by atoms with Gasteiger partial charge in [0.2, 0.25) is 0 Å². The van der Waals surface area contributed by atoms with E-state index in [1.165, 1.54) is 37.1 Å². The van der Waals surface area contributed by atoms with E-state index in [-0.39, 0.29) is 0 Å². The molecule has 3 heterocycles. The van der Waals surface area contributed by atoms with Gasteiger partial charge in [0.25, 0.3) is 0 Å². The number of likely N-dealkylation sites (tertiary alicyclic amines) is 1. The highest BCUT2D eigenvalue weighted by molar-refractivity contribution is 5.56. The van der Waals surface area contributed by atoms with Gasteiger partial charge in [0.1, 0.15) is 11.5 Å². The number of benzene rings is 1. The molecule has 0 bridgehead atoms. The molecule has 1 aliphatic rings. The topological polar surface area (TPSA) is 53.9 Å². The lowest BCUT2D eigenvalue weighted by molar-refractivity contribution is 0.330. The molecular formula is C23H27N5. The van der Waals surface area contributed by atoms with Gasteiger partial charge in [-0.15, -0.1) is 0 Å². The number of hydrogen-bond acceptors (Lipinski definition) is 5. The van der Waals surface area contributed by atoms with Crippen LogP contribution in [-0.4, -0.2) is 32.9 Å². The molecule has 2 aromatic heterocycles. The Hall–Kier alpha value is -2.79. The van der Waals surface area contributed by atoms with Crippen molar-refractivity contribution in [2.24, 2.45) is 0 Å². The van der Waals surface area contributed by atoms with Gasteiger partial charge in [0, 0.05) is 30.5 Å². The molecule has 1 fully saturated rings. The molecule has 0 atom stereocenters. The second-order valence-electron chi connectivity index (χ2n) is 7.43. The number of pyridine rings is 1. The lowest BCUT2D eigenvalue weighted by Gasteiger charge is -2.18. The van der Waals surface area contributed by atoms with Crippen LogP contribution in [0.4, 0.5) is 5.82 Å². The van der Waals surface area contributed by atoms with Gasteiger partial charge >= 0.3 is 0 Å². The van der Waals surface area contributed by atoms with E-state index in [2.05, 4.69) is 51.4 Å². The highest BCUT2D eigenvalue weighted by Gasteiger charge is 2.14. The highest BCUT2D eigenvalue weighted by atomic mass is 15.1. The molecule has 0 radical (unpaired) electrons. The molecule has 0 unspecified atom stereocenters. The molecule has 1 aliphatic heterocycles. The van der Waals surface area contributed by atoms with Crippen molar-refractivity contribution in [3.8, 4) is 11.5 Å². The molecular weight excluding hydrogens is 346 g/mol. The molecule has 4 rings (SSSR count). The van der Waals surface area contributed by atoms with Gasteiger partial charge in [-0.2, -0.15) is 0 Å². The molecule has 1 N–H and O–H groups in total. The van der Waals surface area contributed by atoms with E-state index in [0.29, 0.717) is 5.82 Å². The molecule has 0 saturated carbocycles. The fourth-order valence-corrected chi connectivity index (χ4v) is 3.66. The van der Waals surface area contributed by atoms with Crippen molar-refractivity contribution in [1.29, 1.82) is 0 Å². The summed E-state index contributed by atoms with van der Waals surface area (Å²) in [5, 5.41) is 3.55. The minimum atomic E-state index is 0.663. The Kier molecular flexibility index (Phi) is 5.63. The minimum absolute atomic E-state index is 0.663. The summed E-state index contributed by atoms with van der Waals surface area (Å²) in [6.45, 7) is 8.28. The fourth-order valence-electron chi connectivity index (χ4n) is 3.66. The first kappa shape index (κ1) is 18.6. The van der Waals surface area contributed by atoms with Gasteiger partial charge in [-0.05, 0) is 63.0 Å². The van der Waals surface area contributed by atoms with Crippen LogP contribution in [0, 0.1) is 13.8 Å². The van der Waals surface area contributed by atoms with Crippen LogP contribution >= 0.6 is 0 Å². The van der Waals surface area contributed by atoms with Crippen molar-refractivity contribution in [1.82, 2.24) is 19.9 Å². The number of nitrogens with one attached hydrogen (secondary N) is 1. The van der Waals surface area contributed by atoms with Gasteiger partial charge < -0.3 is 5.32 Å². The zero-order chi connectivity index (χ0) is 19.3. The van der Waals surface area contributed by atoms with Crippen molar-refractivity contribution in [3.05, 3.63) is 71.0 Å². The standard InChI is InChI=1S/C23H27N5/c1-17-18(2)26-23(21-11-5-6-12-24-21)27-22(17)25-15-19-9-3-4-10-20(19)16-28-13-7-8-14-28/h3-6,9-12H,7-8,13-16H2,1-2H3,(H,25,26,27). The SMILES string of the molecule is Cc1nc(-c2ccccn2)nc(NCc2ccccc2CN2CCCC2)c1C. The molecule has 1 aromatic carbocycles. The normalized spacial score (nSPS) is 14.4. The van der Waals surface area contributed by atoms with Gasteiger partial charge in [0.15, 0.2) is 5.82 Å². The Morgan fingerprint density at radius 3 is 2.43 bits per heavy atom. The summed E-state index contributed by atoms with van der Waals surface area (Å²) in [5.41, 5.74) is 5.57. The van der Waals surface area contributed by atoms with E-state index in [1.807, 2.05) is 25.1 Å². The largest absolute Gasteiger partial charge is 0.366 e. The maximum atomic E-state index is 4.76. The summed E-state index contributed by atoms with van der Waals surface area (Å²) in [5.74, 6) is 1.54. The second kappa shape index (κ2) is 8.48. The van der Waals surface area contributed by atoms with E-state index in [0.717, 1.165) is 35.9 Å². The molecule has 3 aromatic rings. The van der Waals surface area contributed by atoms with Crippen LogP contribution in [0.1, 0.15) is 35.2 Å². The highest BCUT2D eigenvalue weighted by Crippen LogP contribution is 2.22. The molecule has 28 heavy (non-hydrogen) atoms. The van der Waals surface area contributed by atoms with Crippen LogP contribution in [0.15, 0.2) is 48.7 Å². The van der Waals surface area contributed by atoms with Crippen LogP contribution in [-0.2, 0) is 13.1 Å². The number of aromatic nitrogens is 3. The maximum Gasteiger partial charge on any atom is 0.180 e. The average Bonchev–Trinajstić information content (AvgIpc) is 3.24. The van der Waals surface area contributed by atoms with Crippen LogP contribution in [0.25, 0.3) is 11.5 Å². The van der Waals surface area contributed by atoms with E-state index < -0.39 is 0 Å². The average molecular weight is 374 g/mol. The van der Waals surface area contributed by atoms with E-state index in [1.54, 1.807) is 6.20 Å². The Labute approximate surface area is 166 Å². The molecule has 0 aliphatic carbocycles. The molecule has 0 spiro atoms. The predicted molar refractivity (Wildman–Crippen MR) is 113 cm³/mol. The summed E-state index contributed by atoms with van der Waals surface area (Å²) in [6, 6.07) is 14.5. The van der Waals surface area contributed by atoms with Gasteiger partial charge in [-0.3, -0.25) is 9.88 Å². The Bertz CT molecular complexity index is 933. The Balaban J connectivity index is 1.54. The zero-order valence-corrected chi connectivity index (χ0v) is 16.7. The fraction of sp³-hybridized carbons (Fsp3) is 0.348. The monoisotopic (exact) mass is 373 g/mol. The summed E-state index contributed by atoms with van der Waals surface area (Å²) < 4.78 is 0. The Morgan fingerprint density at radius 2 is 1.68 bits per heavy atom. The van der Waals surface area contributed by atoms with Crippen LogP contribution in [0.5, 0.6) is 0 Å². The van der Waals surface area contributed by atoms with Crippen molar-refractivity contribution < 1.29 is 0 Å². The van der Waals surface area contributed by atoms with Crippen LogP contribution in [0.3, 0.4) is 0 Å². The zero-order valence-electron chi connectivity index (χ0n) is 16.7. The van der Waals surface area contributed by atoms with Crippen molar-refractivity contribution in [2.75, 3.05) is 18.4 Å². The molecule has 0 amide bonds. The molecule has 144 valence electrons. The summed E-state index contributed by atoms with van der Waals surface area (Å²) in [6.07, 6.45) is 4.40. The van der Waals surface area contributed by atoms with Crippen LogP contribution in [0.2, 0.25) is 0 Å². The first-order valence-electron chi connectivity index (χ1n) is 10.0. The summed E-state index contributed by atoms with van der Waals surface area (Å²) in [7, 11) is 0. The lowest BCUT2D eigenvalue weighted by atomic mass is 10.1. The third-order valence-corrected chi connectivity index (χ3v) is 5.44. The quantitative estimate of drug-likeness (QED) is 0.696. The predicted octanol–water partition coefficient (Wildman–Crippen LogP) is 4.36. The summed E-state index contributed by atoms with van der Waals surface area (Å²) in [4.78, 5) is 16.3. The lowest BCUT2D eigenvalue weighted by Crippen LogP contribution is -2.20. The maximum absolute atomic E-state index is 4.76. The van der Waals surface area contributed by atoms with Gasteiger partial charge in [-0.25, -0.2) is 9.97 Å². The molecule has 5 nitrogen and oxygen atoms in total. The van der Waals surface area contributed by atoms with Gasteiger partial charge in [0.05, 0.1) is 0 Å². The van der Waals surface area contributed by atoms with Crippen molar-refractivity contribution in [3.63, 3.8) is 0 Å². The third-order valence-electron chi connectivity index (χ3n) is 5.44. The molecule has 5 heteroatoms. The second-order valence-corrected chi connectivity index (χ2v) is 7.43. The van der Waals surface area contributed by atoms with E-state index in [4.69, 9.17) is 4.98 Å². The van der Waals surface area contributed by atoms with E-state index >= 15 is 0 Å². The minimum Gasteiger partial charge on any atom is -0.366 e. The van der Waals surface area contributed by atoms with Crippen molar-refractivity contribution in [2.45, 2.75) is 39.8 Å². The number of nitrogens with zero attached hydrogens (tertiary/aromatic N) is 4. The summed E-state index contributed by atoms with van der Waals surface area (Å²) >= 11 is 0. The van der Waals surface area contributed by atoms with E-state index in [9.17, 15) is 0 Å².